The highest BCUT2D eigenvalue weighted by atomic mass is 16.5. The molecule has 0 bridgehead atoms. The van der Waals surface area contributed by atoms with Crippen LogP contribution in [-0.2, 0) is 6.54 Å². The van der Waals surface area contributed by atoms with Crippen molar-refractivity contribution >= 4 is 17.5 Å². The van der Waals surface area contributed by atoms with Gasteiger partial charge in [0.2, 0.25) is 0 Å². The van der Waals surface area contributed by atoms with Crippen LogP contribution in [0.25, 0.3) is 0 Å². The zero-order valence-electron chi connectivity index (χ0n) is 11.4. The van der Waals surface area contributed by atoms with E-state index in [9.17, 15) is 9.59 Å². The Bertz CT molecular complexity index is 708. The van der Waals surface area contributed by atoms with Crippen molar-refractivity contribution in [2.75, 3.05) is 12.8 Å². The Balaban J connectivity index is 1.88. The summed E-state index contributed by atoms with van der Waals surface area (Å²) in [4.78, 5) is 29.6. The van der Waals surface area contributed by atoms with E-state index in [0.717, 1.165) is 5.56 Å². The summed E-state index contributed by atoms with van der Waals surface area (Å²) in [6, 6.07) is 8.41. The van der Waals surface area contributed by atoms with Crippen LogP contribution >= 0.6 is 0 Å². The summed E-state index contributed by atoms with van der Waals surface area (Å²) >= 11 is 0. The van der Waals surface area contributed by atoms with Crippen LogP contribution in [0.15, 0.2) is 36.5 Å². The van der Waals surface area contributed by atoms with Crippen LogP contribution in [0.3, 0.4) is 0 Å². The van der Waals surface area contributed by atoms with Gasteiger partial charge in [-0.1, -0.05) is 6.07 Å². The number of nitrogens with zero attached hydrogens (tertiary/aromatic N) is 2. The molecule has 0 spiro atoms. The number of amides is 2. The lowest BCUT2D eigenvalue weighted by Crippen LogP contribution is -2.29. The number of aromatic nitrogens is 1. The van der Waals surface area contributed by atoms with Gasteiger partial charge in [-0.15, -0.1) is 0 Å². The predicted molar refractivity (Wildman–Crippen MR) is 75.8 cm³/mol. The summed E-state index contributed by atoms with van der Waals surface area (Å²) in [5.41, 5.74) is 7.58. The Labute approximate surface area is 121 Å². The molecule has 21 heavy (non-hydrogen) atoms. The summed E-state index contributed by atoms with van der Waals surface area (Å²) in [6.07, 6.45) is 1.50. The van der Waals surface area contributed by atoms with Gasteiger partial charge in [-0.05, 0) is 29.8 Å². The minimum absolute atomic E-state index is 0.155. The van der Waals surface area contributed by atoms with E-state index in [0.29, 0.717) is 17.0 Å². The fourth-order valence-corrected chi connectivity index (χ4v) is 2.32. The Morgan fingerprint density at radius 1 is 1.24 bits per heavy atom. The predicted octanol–water partition coefficient (Wildman–Crippen LogP) is 1.47. The largest absolute Gasteiger partial charge is 0.495 e. The number of fused-ring (bicyclic) bond motifs is 1. The monoisotopic (exact) mass is 283 g/mol. The van der Waals surface area contributed by atoms with Gasteiger partial charge in [-0.2, -0.15) is 0 Å². The van der Waals surface area contributed by atoms with E-state index in [2.05, 4.69) is 4.98 Å². The standard InChI is InChI=1S/C15H13N3O3/c1-21-12-5-4-9(7-11(12)16)8-18-14(19)10-3-2-6-17-13(10)15(18)20/h2-7H,8,16H2,1H3. The number of imide groups is 1. The van der Waals surface area contributed by atoms with E-state index in [4.69, 9.17) is 10.5 Å². The van der Waals surface area contributed by atoms with Crippen LogP contribution in [0, 0.1) is 0 Å². The number of hydrogen-bond acceptors (Lipinski definition) is 5. The first-order valence-electron chi connectivity index (χ1n) is 6.35. The molecule has 6 heteroatoms. The van der Waals surface area contributed by atoms with Crippen molar-refractivity contribution in [3.8, 4) is 5.75 Å². The second-order valence-corrected chi connectivity index (χ2v) is 4.67. The van der Waals surface area contributed by atoms with E-state index in [1.54, 1.807) is 30.3 Å². The van der Waals surface area contributed by atoms with Crippen molar-refractivity contribution in [2.24, 2.45) is 0 Å². The highest BCUT2D eigenvalue weighted by Crippen LogP contribution is 2.26. The first-order chi connectivity index (χ1) is 10.1. The van der Waals surface area contributed by atoms with Crippen molar-refractivity contribution in [1.82, 2.24) is 9.88 Å². The van der Waals surface area contributed by atoms with Gasteiger partial charge < -0.3 is 10.5 Å². The van der Waals surface area contributed by atoms with Gasteiger partial charge in [-0.3, -0.25) is 19.5 Å². The summed E-state index contributed by atoms with van der Waals surface area (Å²) in [7, 11) is 1.53. The molecular weight excluding hydrogens is 270 g/mol. The number of hydrogen-bond donors (Lipinski definition) is 1. The van der Waals surface area contributed by atoms with Gasteiger partial charge in [-0.25, -0.2) is 0 Å². The summed E-state index contributed by atoms with van der Waals surface area (Å²) < 4.78 is 5.08. The molecule has 1 aliphatic rings. The van der Waals surface area contributed by atoms with E-state index in [-0.39, 0.29) is 24.1 Å². The third-order valence-electron chi connectivity index (χ3n) is 3.37. The second kappa shape index (κ2) is 4.90. The molecule has 2 N–H and O–H groups in total. The number of methoxy groups -OCH3 is 1. The molecule has 1 aromatic carbocycles. The molecule has 0 saturated carbocycles. The Kier molecular flexibility index (Phi) is 3.06. The zero-order valence-corrected chi connectivity index (χ0v) is 11.4. The molecule has 0 atom stereocenters. The summed E-state index contributed by atoms with van der Waals surface area (Å²) in [5, 5.41) is 0. The highest BCUT2D eigenvalue weighted by Gasteiger charge is 2.36. The molecule has 106 valence electrons. The average Bonchev–Trinajstić information content (AvgIpc) is 2.73. The van der Waals surface area contributed by atoms with Crippen LogP contribution < -0.4 is 10.5 Å². The lowest BCUT2D eigenvalue weighted by Gasteiger charge is -2.14. The van der Waals surface area contributed by atoms with Crippen LogP contribution in [0.1, 0.15) is 26.4 Å². The Hall–Kier alpha value is -2.89. The highest BCUT2D eigenvalue weighted by molar-refractivity contribution is 6.20. The Morgan fingerprint density at radius 3 is 2.71 bits per heavy atom. The molecular formula is C15H13N3O3. The fraction of sp³-hybridized carbons (Fsp3) is 0.133. The molecule has 0 radical (unpaired) electrons. The lowest BCUT2D eigenvalue weighted by atomic mass is 10.1. The maximum Gasteiger partial charge on any atom is 0.280 e. The first kappa shape index (κ1) is 13.1. The molecule has 1 aliphatic heterocycles. The van der Waals surface area contributed by atoms with Crippen molar-refractivity contribution in [3.05, 3.63) is 53.3 Å². The van der Waals surface area contributed by atoms with Crippen LogP contribution in [-0.4, -0.2) is 28.8 Å². The number of ether oxygens (including phenoxy) is 1. The smallest absolute Gasteiger partial charge is 0.280 e. The number of benzene rings is 1. The van der Waals surface area contributed by atoms with Crippen molar-refractivity contribution in [2.45, 2.75) is 6.54 Å². The van der Waals surface area contributed by atoms with E-state index in [1.165, 1.54) is 18.2 Å². The molecule has 2 aromatic rings. The van der Waals surface area contributed by atoms with Crippen molar-refractivity contribution in [3.63, 3.8) is 0 Å². The maximum atomic E-state index is 12.2. The lowest BCUT2D eigenvalue weighted by molar-refractivity contribution is 0.0640. The molecule has 2 heterocycles. The van der Waals surface area contributed by atoms with Crippen LogP contribution in [0.4, 0.5) is 5.69 Å². The van der Waals surface area contributed by atoms with Gasteiger partial charge in [0, 0.05) is 6.20 Å². The molecule has 0 saturated heterocycles. The topological polar surface area (TPSA) is 85.5 Å². The molecule has 2 amide bonds. The summed E-state index contributed by atoms with van der Waals surface area (Å²) in [6.45, 7) is 0.155. The molecule has 1 aromatic heterocycles. The van der Waals surface area contributed by atoms with Crippen molar-refractivity contribution < 1.29 is 14.3 Å². The fourth-order valence-electron chi connectivity index (χ4n) is 2.32. The zero-order chi connectivity index (χ0) is 15.0. The minimum Gasteiger partial charge on any atom is -0.495 e. The number of nitrogen functional groups attached to an aromatic ring is 1. The average molecular weight is 283 g/mol. The third-order valence-corrected chi connectivity index (χ3v) is 3.37. The third kappa shape index (κ3) is 2.10. The van der Waals surface area contributed by atoms with E-state index < -0.39 is 0 Å². The summed E-state index contributed by atoms with van der Waals surface area (Å²) in [5.74, 6) is -0.162. The first-order valence-corrected chi connectivity index (χ1v) is 6.35. The van der Waals surface area contributed by atoms with E-state index in [1.807, 2.05) is 0 Å². The molecule has 0 aliphatic carbocycles. The number of rotatable bonds is 3. The van der Waals surface area contributed by atoms with Gasteiger partial charge >= 0.3 is 0 Å². The normalized spacial score (nSPS) is 13.5. The quantitative estimate of drug-likeness (QED) is 0.681. The molecule has 3 rings (SSSR count). The van der Waals surface area contributed by atoms with Gasteiger partial charge in [0.25, 0.3) is 11.8 Å². The van der Waals surface area contributed by atoms with Crippen LogP contribution in [0.2, 0.25) is 0 Å². The Morgan fingerprint density at radius 2 is 2.05 bits per heavy atom. The van der Waals surface area contributed by atoms with E-state index >= 15 is 0 Å². The number of anilines is 1. The van der Waals surface area contributed by atoms with Crippen molar-refractivity contribution in [1.29, 1.82) is 0 Å². The van der Waals surface area contributed by atoms with Gasteiger partial charge in [0.05, 0.1) is 24.9 Å². The number of pyridine rings is 1. The number of carbonyl (C=O) groups excluding carboxylic acids is 2. The maximum absolute atomic E-state index is 12.2. The number of nitrogens with two attached hydrogens (primary N) is 1. The number of carbonyl (C=O) groups is 2. The minimum atomic E-state index is -0.384. The SMILES string of the molecule is COc1ccc(CN2C(=O)c3cccnc3C2=O)cc1N. The molecule has 0 fully saturated rings. The molecule has 6 nitrogen and oxygen atoms in total. The van der Waals surface area contributed by atoms with Gasteiger partial charge in [0.15, 0.2) is 0 Å². The van der Waals surface area contributed by atoms with Gasteiger partial charge in [0.1, 0.15) is 11.4 Å². The second-order valence-electron chi connectivity index (χ2n) is 4.67. The molecule has 0 unspecified atom stereocenters. The van der Waals surface area contributed by atoms with Crippen LogP contribution in [0.5, 0.6) is 5.75 Å².